The zero-order valence-corrected chi connectivity index (χ0v) is 13.5. The minimum Gasteiger partial charge on any atom is -0.383 e. The van der Waals surface area contributed by atoms with Gasteiger partial charge in [0.15, 0.2) is 0 Å². The van der Waals surface area contributed by atoms with Crippen LogP contribution in [-0.2, 0) is 11.3 Å². The second-order valence-electron chi connectivity index (χ2n) is 5.75. The van der Waals surface area contributed by atoms with E-state index in [0.717, 1.165) is 25.5 Å². The van der Waals surface area contributed by atoms with Crippen molar-refractivity contribution in [2.45, 2.75) is 39.8 Å². The Bertz CT molecular complexity index is 382. The quantitative estimate of drug-likeness (QED) is 0.705. The number of anilines is 1. The van der Waals surface area contributed by atoms with Gasteiger partial charge in [-0.05, 0) is 25.3 Å². The molecule has 0 bridgehead atoms. The molecule has 0 radical (unpaired) electrons. The molecule has 0 spiro atoms. The Morgan fingerprint density at radius 2 is 2.10 bits per heavy atom. The maximum absolute atomic E-state index is 5.05. The molecule has 1 N–H and O–H groups in total. The molecule has 20 heavy (non-hydrogen) atoms. The van der Waals surface area contributed by atoms with Crippen LogP contribution in [0.3, 0.4) is 0 Å². The predicted octanol–water partition coefficient (Wildman–Crippen LogP) is 2.69. The molecule has 0 fully saturated rings. The summed E-state index contributed by atoms with van der Waals surface area (Å²) in [5.74, 6) is 1.77. The minimum atomic E-state index is 0.489. The van der Waals surface area contributed by atoms with Gasteiger partial charge in [0.2, 0.25) is 0 Å². The first-order valence-corrected chi connectivity index (χ1v) is 7.42. The van der Waals surface area contributed by atoms with Gasteiger partial charge in [-0.3, -0.25) is 0 Å². The number of ether oxygens (including phenoxy) is 1. The van der Waals surface area contributed by atoms with Crippen LogP contribution in [0.5, 0.6) is 0 Å². The highest BCUT2D eigenvalue weighted by Crippen LogP contribution is 2.20. The summed E-state index contributed by atoms with van der Waals surface area (Å²) in [5.41, 5.74) is 1.24. The van der Waals surface area contributed by atoms with E-state index in [0.29, 0.717) is 12.0 Å². The van der Waals surface area contributed by atoms with Gasteiger partial charge in [-0.15, -0.1) is 0 Å². The topological polar surface area (TPSA) is 37.4 Å². The Morgan fingerprint density at radius 3 is 2.75 bits per heavy atom. The number of pyridine rings is 1. The molecule has 1 unspecified atom stereocenters. The van der Waals surface area contributed by atoms with Crippen LogP contribution in [0.15, 0.2) is 18.3 Å². The number of methoxy groups -OCH3 is 1. The van der Waals surface area contributed by atoms with E-state index in [-0.39, 0.29) is 0 Å². The molecule has 1 heterocycles. The maximum atomic E-state index is 5.05. The first kappa shape index (κ1) is 16.9. The SMILES string of the molecule is COCCNCc1cccnc1N(C)C(C)CC(C)C. The van der Waals surface area contributed by atoms with Crippen molar-refractivity contribution in [2.75, 3.05) is 32.2 Å². The summed E-state index contributed by atoms with van der Waals surface area (Å²) < 4.78 is 5.05. The van der Waals surface area contributed by atoms with Gasteiger partial charge in [0, 0.05) is 45.0 Å². The first-order chi connectivity index (χ1) is 9.56. The van der Waals surface area contributed by atoms with Crippen molar-refractivity contribution in [1.82, 2.24) is 10.3 Å². The smallest absolute Gasteiger partial charge is 0.132 e. The molecule has 4 nitrogen and oxygen atoms in total. The van der Waals surface area contributed by atoms with Gasteiger partial charge in [0.25, 0.3) is 0 Å². The van der Waals surface area contributed by atoms with Gasteiger partial charge in [-0.2, -0.15) is 0 Å². The van der Waals surface area contributed by atoms with Crippen LogP contribution in [0.1, 0.15) is 32.8 Å². The van der Waals surface area contributed by atoms with Crippen molar-refractivity contribution in [1.29, 1.82) is 0 Å². The fraction of sp³-hybridized carbons (Fsp3) is 0.688. The van der Waals surface area contributed by atoms with Crippen LogP contribution in [-0.4, -0.2) is 38.3 Å². The van der Waals surface area contributed by atoms with E-state index in [9.17, 15) is 0 Å². The molecule has 0 saturated carbocycles. The predicted molar refractivity (Wildman–Crippen MR) is 85.1 cm³/mol. The van der Waals surface area contributed by atoms with Crippen molar-refractivity contribution in [3.63, 3.8) is 0 Å². The van der Waals surface area contributed by atoms with Gasteiger partial charge in [0.1, 0.15) is 5.82 Å². The molecule has 0 aliphatic heterocycles. The number of aromatic nitrogens is 1. The summed E-state index contributed by atoms with van der Waals surface area (Å²) in [6.45, 7) is 9.19. The molecule has 1 aromatic rings. The van der Waals surface area contributed by atoms with Crippen LogP contribution in [0.4, 0.5) is 5.82 Å². The second kappa shape index (κ2) is 8.93. The normalized spacial score (nSPS) is 12.7. The average molecular weight is 279 g/mol. The molecule has 0 amide bonds. The van der Waals surface area contributed by atoms with Gasteiger partial charge in [-0.1, -0.05) is 19.9 Å². The third-order valence-corrected chi connectivity index (χ3v) is 3.47. The van der Waals surface area contributed by atoms with Crippen molar-refractivity contribution >= 4 is 5.82 Å². The molecule has 0 aliphatic carbocycles. The molecule has 0 saturated heterocycles. The number of hydrogen-bond donors (Lipinski definition) is 1. The largest absolute Gasteiger partial charge is 0.383 e. The van der Waals surface area contributed by atoms with Crippen LogP contribution >= 0.6 is 0 Å². The number of rotatable bonds is 9. The highest BCUT2D eigenvalue weighted by Gasteiger charge is 2.15. The van der Waals surface area contributed by atoms with E-state index >= 15 is 0 Å². The van der Waals surface area contributed by atoms with E-state index < -0.39 is 0 Å². The monoisotopic (exact) mass is 279 g/mol. The van der Waals surface area contributed by atoms with E-state index in [1.807, 2.05) is 12.3 Å². The number of nitrogens with zero attached hydrogens (tertiary/aromatic N) is 2. The molecule has 114 valence electrons. The molecule has 0 aromatic carbocycles. The Hall–Kier alpha value is -1.13. The van der Waals surface area contributed by atoms with Crippen LogP contribution in [0.25, 0.3) is 0 Å². The molecule has 1 atom stereocenters. The van der Waals surface area contributed by atoms with Crippen LogP contribution in [0.2, 0.25) is 0 Å². The van der Waals surface area contributed by atoms with Gasteiger partial charge in [-0.25, -0.2) is 4.98 Å². The van der Waals surface area contributed by atoms with E-state index in [1.54, 1.807) is 7.11 Å². The summed E-state index contributed by atoms with van der Waals surface area (Å²) >= 11 is 0. The third-order valence-electron chi connectivity index (χ3n) is 3.47. The lowest BCUT2D eigenvalue weighted by Crippen LogP contribution is -2.32. The first-order valence-electron chi connectivity index (χ1n) is 7.42. The fourth-order valence-electron chi connectivity index (χ4n) is 2.33. The highest BCUT2D eigenvalue weighted by molar-refractivity contribution is 5.46. The van der Waals surface area contributed by atoms with E-state index in [4.69, 9.17) is 4.74 Å². The lowest BCUT2D eigenvalue weighted by Gasteiger charge is -2.29. The Labute approximate surface area is 123 Å². The summed E-state index contributed by atoms with van der Waals surface area (Å²) in [5, 5.41) is 3.39. The lowest BCUT2D eigenvalue weighted by molar-refractivity contribution is 0.199. The van der Waals surface area contributed by atoms with Crippen molar-refractivity contribution < 1.29 is 4.74 Å². The highest BCUT2D eigenvalue weighted by atomic mass is 16.5. The van der Waals surface area contributed by atoms with Gasteiger partial charge >= 0.3 is 0 Å². The van der Waals surface area contributed by atoms with Crippen molar-refractivity contribution in [2.24, 2.45) is 5.92 Å². The molecule has 1 rings (SSSR count). The number of nitrogens with one attached hydrogen (secondary N) is 1. The lowest BCUT2D eigenvalue weighted by atomic mass is 10.0. The maximum Gasteiger partial charge on any atom is 0.132 e. The minimum absolute atomic E-state index is 0.489. The molecular formula is C16H29N3O. The summed E-state index contributed by atoms with van der Waals surface area (Å²) in [6.07, 6.45) is 3.04. The Balaban J connectivity index is 2.68. The van der Waals surface area contributed by atoms with Gasteiger partial charge in [0.05, 0.1) is 6.61 Å². The van der Waals surface area contributed by atoms with Crippen molar-refractivity contribution in [3.05, 3.63) is 23.9 Å². The van der Waals surface area contributed by atoms with E-state index in [2.05, 4.69) is 49.1 Å². The molecule has 0 aliphatic rings. The molecule has 1 aromatic heterocycles. The van der Waals surface area contributed by atoms with Crippen LogP contribution < -0.4 is 10.2 Å². The summed E-state index contributed by atoms with van der Waals surface area (Å²) in [4.78, 5) is 6.85. The summed E-state index contributed by atoms with van der Waals surface area (Å²) in [6, 6.07) is 4.63. The second-order valence-corrected chi connectivity index (χ2v) is 5.75. The summed E-state index contributed by atoms with van der Waals surface area (Å²) in [7, 11) is 3.85. The van der Waals surface area contributed by atoms with Crippen molar-refractivity contribution in [3.8, 4) is 0 Å². The third kappa shape index (κ3) is 5.47. The standard InChI is InChI=1S/C16H29N3O/c1-13(2)11-14(3)19(4)16-15(7-6-8-18-16)12-17-9-10-20-5/h6-8,13-14,17H,9-12H2,1-5H3. The van der Waals surface area contributed by atoms with Crippen LogP contribution in [0, 0.1) is 5.92 Å². The molecular weight excluding hydrogens is 250 g/mol. The average Bonchev–Trinajstić information content (AvgIpc) is 2.42. The van der Waals surface area contributed by atoms with Gasteiger partial charge < -0.3 is 15.0 Å². The zero-order valence-electron chi connectivity index (χ0n) is 13.5. The zero-order chi connectivity index (χ0) is 15.0. The molecule has 4 heteroatoms. The Kier molecular flexibility index (Phi) is 7.55. The Morgan fingerprint density at radius 1 is 1.35 bits per heavy atom. The number of hydrogen-bond acceptors (Lipinski definition) is 4. The fourth-order valence-corrected chi connectivity index (χ4v) is 2.33. The van der Waals surface area contributed by atoms with E-state index in [1.165, 1.54) is 12.0 Å².